The zero-order valence-electron chi connectivity index (χ0n) is 7.70. The highest BCUT2D eigenvalue weighted by Gasteiger charge is 2.10. The summed E-state index contributed by atoms with van der Waals surface area (Å²) in [4.78, 5) is 3.90. The van der Waals surface area contributed by atoms with Gasteiger partial charge in [0, 0.05) is 6.04 Å². The van der Waals surface area contributed by atoms with E-state index in [0.29, 0.717) is 5.92 Å². The van der Waals surface area contributed by atoms with Gasteiger partial charge < -0.3 is 5.73 Å². The van der Waals surface area contributed by atoms with Crippen molar-refractivity contribution >= 4 is 12.4 Å². The van der Waals surface area contributed by atoms with Gasteiger partial charge in [-0.25, -0.2) is 4.39 Å². The van der Waals surface area contributed by atoms with E-state index < -0.39 is 0 Å². The summed E-state index contributed by atoms with van der Waals surface area (Å²) >= 11 is 0. The Morgan fingerprint density at radius 2 is 2.00 bits per heavy atom. The molecule has 0 spiro atoms. The Bertz CT molecular complexity index is 248. The minimum absolute atomic E-state index is 0. The van der Waals surface area contributed by atoms with Crippen LogP contribution in [0.25, 0.3) is 0 Å². The summed E-state index contributed by atoms with van der Waals surface area (Å²) in [5.41, 5.74) is 6.54. The number of pyridine rings is 1. The second-order valence-electron chi connectivity index (χ2n) is 3.17. The zero-order valence-corrected chi connectivity index (χ0v) is 8.51. The molecule has 2 nitrogen and oxygen atoms in total. The third-order valence-electron chi connectivity index (χ3n) is 1.81. The lowest BCUT2D eigenvalue weighted by atomic mass is 10.0. The van der Waals surface area contributed by atoms with Crippen molar-refractivity contribution < 1.29 is 4.39 Å². The molecule has 0 aliphatic heterocycles. The van der Waals surface area contributed by atoms with Gasteiger partial charge in [-0.2, -0.15) is 0 Å². The maximum absolute atomic E-state index is 12.4. The van der Waals surface area contributed by atoms with E-state index in [-0.39, 0.29) is 24.3 Å². The van der Waals surface area contributed by atoms with Crippen molar-refractivity contribution in [2.45, 2.75) is 19.9 Å². The highest BCUT2D eigenvalue weighted by atomic mass is 35.5. The first-order valence-electron chi connectivity index (χ1n) is 3.98. The van der Waals surface area contributed by atoms with Crippen LogP contribution >= 0.6 is 12.4 Å². The molecule has 74 valence electrons. The molecular formula is C9H14ClFN2. The molecule has 1 aromatic heterocycles. The quantitative estimate of drug-likeness (QED) is 0.803. The summed E-state index contributed by atoms with van der Waals surface area (Å²) in [7, 11) is 0. The standard InChI is InChI=1S/C9H13FN2.ClH/c1-6(2)9(11)8-4-3-7(10)5-12-8;/h3-6,9H,11H2,1-2H3;1H. The van der Waals surface area contributed by atoms with Gasteiger partial charge >= 0.3 is 0 Å². The molecule has 1 heterocycles. The van der Waals surface area contributed by atoms with E-state index in [9.17, 15) is 4.39 Å². The maximum atomic E-state index is 12.4. The Morgan fingerprint density at radius 1 is 1.38 bits per heavy atom. The van der Waals surface area contributed by atoms with Crippen molar-refractivity contribution in [1.29, 1.82) is 0 Å². The van der Waals surface area contributed by atoms with Gasteiger partial charge in [-0.1, -0.05) is 13.8 Å². The lowest BCUT2D eigenvalue weighted by Crippen LogP contribution is -2.17. The van der Waals surface area contributed by atoms with Crippen LogP contribution in [-0.4, -0.2) is 4.98 Å². The van der Waals surface area contributed by atoms with E-state index in [4.69, 9.17) is 5.73 Å². The average Bonchev–Trinajstić information content (AvgIpc) is 2.04. The molecule has 0 aliphatic rings. The minimum atomic E-state index is -0.324. The van der Waals surface area contributed by atoms with Crippen LogP contribution in [0.5, 0.6) is 0 Å². The van der Waals surface area contributed by atoms with Crippen LogP contribution in [0.4, 0.5) is 4.39 Å². The van der Waals surface area contributed by atoms with Crippen LogP contribution in [0.1, 0.15) is 25.6 Å². The van der Waals surface area contributed by atoms with Gasteiger partial charge in [-0.15, -0.1) is 12.4 Å². The zero-order chi connectivity index (χ0) is 9.14. The lowest BCUT2D eigenvalue weighted by Gasteiger charge is -2.14. The number of aromatic nitrogens is 1. The molecule has 0 bridgehead atoms. The summed E-state index contributed by atoms with van der Waals surface area (Å²) in [5.74, 6) is -0.00216. The maximum Gasteiger partial charge on any atom is 0.141 e. The van der Waals surface area contributed by atoms with Gasteiger partial charge in [-0.05, 0) is 18.1 Å². The third kappa shape index (κ3) is 3.28. The first-order chi connectivity index (χ1) is 5.61. The van der Waals surface area contributed by atoms with E-state index in [1.807, 2.05) is 13.8 Å². The molecule has 0 saturated heterocycles. The van der Waals surface area contributed by atoms with Crippen molar-refractivity contribution in [2.24, 2.45) is 11.7 Å². The summed E-state index contributed by atoms with van der Waals surface area (Å²) in [6.45, 7) is 4.02. The highest BCUT2D eigenvalue weighted by molar-refractivity contribution is 5.85. The minimum Gasteiger partial charge on any atom is -0.322 e. The summed E-state index contributed by atoms with van der Waals surface area (Å²) in [5, 5.41) is 0. The summed E-state index contributed by atoms with van der Waals surface area (Å²) in [6.07, 6.45) is 1.19. The van der Waals surface area contributed by atoms with E-state index in [1.54, 1.807) is 6.07 Å². The van der Waals surface area contributed by atoms with Crippen LogP contribution in [0, 0.1) is 11.7 Å². The molecule has 0 aliphatic carbocycles. The second kappa shape index (κ2) is 5.14. The average molecular weight is 205 g/mol. The van der Waals surface area contributed by atoms with Gasteiger partial charge in [0.25, 0.3) is 0 Å². The molecule has 1 unspecified atom stereocenters. The van der Waals surface area contributed by atoms with Gasteiger partial charge in [0.2, 0.25) is 0 Å². The van der Waals surface area contributed by atoms with Crippen molar-refractivity contribution in [1.82, 2.24) is 4.98 Å². The molecule has 1 aromatic rings. The van der Waals surface area contributed by atoms with Crippen LogP contribution in [-0.2, 0) is 0 Å². The monoisotopic (exact) mass is 204 g/mol. The number of nitrogens with zero attached hydrogens (tertiary/aromatic N) is 1. The molecule has 0 aromatic carbocycles. The second-order valence-corrected chi connectivity index (χ2v) is 3.17. The van der Waals surface area contributed by atoms with Gasteiger partial charge in [0.15, 0.2) is 0 Å². The fourth-order valence-corrected chi connectivity index (χ4v) is 0.926. The first kappa shape index (κ1) is 12.3. The molecule has 0 fully saturated rings. The third-order valence-corrected chi connectivity index (χ3v) is 1.81. The van der Waals surface area contributed by atoms with Crippen molar-refractivity contribution in [3.05, 3.63) is 29.8 Å². The number of halogens is 2. The number of hydrogen-bond acceptors (Lipinski definition) is 2. The fourth-order valence-electron chi connectivity index (χ4n) is 0.926. The Morgan fingerprint density at radius 3 is 2.38 bits per heavy atom. The summed E-state index contributed by atoms with van der Waals surface area (Å²) < 4.78 is 12.4. The van der Waals surface area contributed by atoms with E-state index in [0.717, 1.165) is 5.69 Å². The number of rotatable bonds is 2. The Labute approximate surface area is 83.8 Å². The van der Waals surface area contributed by atoms with Crippen molar-refractivity contribution in [2.75, 3.05) is 0 Å². The molecule has 0 amide bonds. The normalized spacial score (nSPS) is 12.4. The molecule has 1 atom stereocenters. The Hall–Kier alpha value is -0.670. The van der Waals surface area contributed by atoms with Gasteiger partial charge in [-0.3, -0.25) is 4.98 Å². The SMILES string of the molecule is CC(C)C(N)c1ccc(F)cn1.Cl. The fraction of sp³-hybridized carbons (Fsp3) is 0.444. The van der Waals surface area contributed by atoms with Crippen LogP contribution < -0.4 is 5.73 Å². The predicted octanol–water partition coefficient (Wildman–Crippen LogP) is 2.30. The van der Waals surface area contributed by atoms with E-state index in [2.05, 4.69) is 4.98 Å². The van der Waals surface area contributed by atoms with Crippen LogP contribution in [0.3, 0.4) is 0 Å². The molecule has 1 rings (SSSR count). The van der Waals surface area contributed by atoms with Crippen molar-refractivity contribution in [3.63, 3.8) is 0 Å². The molecule has 0 radical (unpaired) electrons. The van der Waals surface area contributed by atoms with Gasteiger partial charge in [0.1, 0.15) is 5.82 Å². The topological polar surface area (TPSA) is 38.9 Å². The first-order valence-corrected chi connectivity index (χ1v) is 3.98. The van der Waals surface area contributed by atoms with Gasteiger partial charge in [0.05, 0.1) is 11.9 Å². The van der Waals surface area contributed by atoms with E-state index in [1.165, 1.54) is 12.3 Å². The van der Waals surface area contributed by atoms with Crippen LogP contribution in [0.15, 0.2) is 18.3 Å². The number of nitrogens with two attached hydrogens (primary N) is 1. The molecule has 13 heavy (non-hydrogen) atoms. The van der Waals surface area contributed by atoms with Crippen LogP contribution in [0.2, 0.25) is 0 Å². The number of hydrogen-bond donors (Lipinski definition) is 1. The highest BCUT2D eigenvalue weighted by Crippen LogP contribution is 2.15. The van der Waals surface area contributed by atoms with Crippen molar-refractivity contribution in [3.8, 4) is 0 Å². The smallest absolute Gasteiger partial charge is 0.141 e. The predicted molar refractivity (Wildman–Crippen MR) is 53.2 cm³/mol. The summed E-state index contributed by atoms with van der Waals surface area (Å²) in [6, 6.07) is 2.90. The largest absolute Gasteiger partial charge is 0.322 e. The lowest BCUT2D eigenvalue weighted by molar-refractivity contribution is 0.500. The molecule has 0 saturated carbocycles. The molecule has 4 heteroatoms. The Kier molecular flexibility index (Phi) is 4.88. The molecular weight excluding hydrogens is 191 g/mol. The van der Waals surface area contributed by atoms with E-state index >= 15 is 0 Å². The molecule has 2 N–H and O–H groups in total. The Balaban J connectivity index is 0.00000144.